The predicted octanol–water partition coefficient (Wildman–Crippen LogP) is 2.73. The number of nitrogens with zero attached hydrogens (tertiary/aromatic N) is 1. The molecule has 2 unspecified atom stereocenters. The van der Waals surface area contributed by atoms with Crippen molar-refractivity contribution in [2.24, 2.45) is 23.2 Å². The van der Waals surface area contributed by atoms with Gasteiger partial charge in [-0.2, -0.15) is 0 Å². The lowest BCUT2D eigenvalue weighted by Gasteiger charge is -2.56. The standard InChI is InChI=1S/C21H34N2O3/c1-3-17(13-26-2)22-19(24)18-5-4-6-23(18)20(25)21-10-14-7-15(11-21)9-16(8-14)12-21/h14-18H,3-13H2,1-2H3,(H,22,24). The van der Waals surface area contributed by atoms with Crippen molar-refractivity contribution < 1.29 is 14.3 Å². The Kier molecular flexibility index (Phi) is 5.02. The number of rotatable bonds is 6. The van der Waals surface area contributed by atoms with Crippen LogP contribution in [0.2, 0.25) is 0 Å². The minimum absolute atomic E-state index is 0.0180. The normalized spacial score (nSPS) is 39.2. The second kappa shape index (κ2) is 7.14. The number of amides is 2. The van der Waals surface area contributed by atoms with Gasteiger partial charge in [0.25, 0.3) is 0 Å². The quantitative estimate of drug-likeness (QED) is 0.790. The highest BCUT2D eigenvalue weighted by Gasteiger charge is 2.56. The second-order valence-corrected chi connectivity index (χ2v) is 9.42. The van der Waals surface area contributed by atoms with Crippen molar-refractivity contribution in [3.8, 4) is 0 Å². The Morgan fingerprint density at radius 2 is 1.77 bits per heavy atom. The molecule has 5 nitrogen and oxygen atoms in total. The molecule has 2 amide bonds. The molecule has 1 heterocycles. The van der Waals surface area contributed by atoms with E-state index in [0.717, 1.165) is 62.8 Å². The van der Waals surface area contributed by atoms with Gasteiger partial charge in [0.15, 0.2) is 0 Å². The summed E-state index contributed by atoms with van der Waals surface area (Å²) >= 11 is 0. The molecule has 146 valence electrons. The maximum Gasteiger partial charge on any atom is 0.243 e. The summed E-state index contributed by atoms with van der Waals surface area (Å²) in [5.41, 5.74) is -0.145. The number of hydrogen-bond acceptors (Lipinski definition) is 3. The summed E-state index contributed by atoms with van der Waals surface area (Å²) in [6, 6.07) is -0.244. The Balaban J connectivity index is 1.46. The lowest BCUT2D eigenvalue weighted by molar-refractivity contribution is -0.160. The van der Waals surface area contributed by atoms with Crippen LogP contribution in [0, 0.1) is 23.2 Å². The maximum atomic E-state index is 13.6. The highest BCUT2D eigenvalue weighted by Crippen LogP contribution is 2.60. The molecule has 26 heavy (non-hydrogen) atoms. The number of ether oxygens (including phenoxy) is 1. The van der Waals surface area contributed by atoms with Gasteiger partial charge in [-0.25, -0.2) is 0 Å². The van der Waals surface area contributed by atoms with E-state index in [0.29, 0.717) is 12.5 Å². The van der Waals surface area contributed by atoms with E-state index in [1.807, 2.05) is 4.90 Å². The summed E-state index contributed by atoms with van der Waals surface area (Å²) in [5.74, 6) is 2.59. The lowest BCUT2D eigenvalue weighted by atomic mass is 9.49. The molecule has 0 radical (unpaired) electrons. The third-order valence-corrected chi connectivity index (χ3v) is 7.52. The summed E-state index contributed by atoms with van der Waals surface area (Å²) in [5, 5.41) is 3.11. The van der Waals surface area contributed by atoms with Crippen LogP contribution in [0.4, 0.5) is 0 Å². The molecule has 1 aliphatic heterocycles. The van der Waals surface area contributed by atoms with Crippen molar-refractivity contribution in [2.75, 3.05) is 20.3 Å². The highest BCUT2D eigenvalue weighted by atomic mass is 16.5. The summed E-state index contributed by atoms with van der Waals surface area (Å²) in [6.45, 7) is 3.33. The number of likely N-dealkylation sites (tertiary alicyclic amines) is 1. The van der Waals surface area contributed by atoms with Gasteiger partial charge < -0.3 is 15.0 Å². The van der Waals surface area contributed by atoms with E-state index in [4.69, 9.17) is 4.74 Å². The number of hydrogen-bond donors (Lipinski definition) is 1. The van der Waals surface area contributed by atoms with Crippen molar-refractivity contribution in [3.05, 3.63) is 0 Å². The zero-order valence-corrected chi connectivity index (χ0v) is 16.3. The molecule has 0 aromatic carbocycles. The van der Waals surface area contributed by atoms with E-state index in [2.05, 4.69) is 12.2 Å². The molecule has 5 aliphatic rings. The van der Waals surface area contributed by atoms with E-state index in [1.165, 1.54) is 19.3 Å². The van der Waals surface area contributed by atoms with Crippen LogP contribution in [0.15, 0.2) is 0 Å². The molecule has 2 atom stereocenters. The van der Waals surface area contributed by atoms with Gasteiger partial charge in [-0.3, -0.25) is 9.59 Å². The van der Waals surface area contributed by atoms with Gasteiger partial charge in [0.2, 0.25) is 11.8 Å². The summed E-state index contributed by atoms with van der Waals surface area (Å²) in [6.07, 6.45) is 9.82. The van der Waals surface area contributed by atoms with E-state index >= 15 is 0 Å². The van der Waals surface area contributed by atoms with Crippen LogP contribution in [-0.2, 0) is 14.3 Å². The number of carbonyl (C=O) groups is 2. The zero-order chi connectivity index (χ0) is 18.3. The third-order valence-electron chi connectivity index (χ3n) is 7.52. The molecule has 0 aromatic rings. The Hall–Kier alpha value is -1.10. The van der Waals surface area contributed by atoms with Crippen molar-refractivity contribution in [1.29, 1.82) is 0 Å². The summed E-state index contributed by atoms with van der Waals surface area (Å²) in [7, 11) is 1.66. The van der Waals surface area contributed by atoms with E-state index < -0.39 is 0 Å². The van der Waals surface area contributed by atoms with Crippen LogP contribution in [-0.4, -0.2) is 49.1 Å². The van der Waals surface area contributed by atoms with Gasteiger partial charge in [0, 0.05) is 13.7 Å². The zero-order valence-electron chi connectivity index (χ0n) is 16.3. The first-order chi connectivity index (χ1) is 12.5. The minimum Gasteiger partial charge on any atom is -0.383 e. The van der Waals surface area contributed by atoms with Gasteiger partial charge in [-0.1, -0.05) is 6.92 Å². The Morgan fingerprint density at radius 3 is 2.31 bits per heavy atom. The van der Waals surface area contributed by atoms with Crippen molar-refractivity contribution in [2.45, 2.75) is 76.8 Å². The number of carbonyl (C=O) groups excluding carboxylic acids is 2. The topological polar surface area (TPSA) is 58.6 Å². The molecule has 5 rings (SSSR count). The fraction of sp³-hybridized carbons (Fsp3) is 0.905. The molecule has 5 heteroatoms. The first-order valence-electron chi connectivity index (χ1n) is 10.6. The Bertz CT molecular complexity index is 526. The van der Waals surface area contributed by atoms with Crippen molar-refractivity contribution in [1.82, 2.24) is 10.2 Å². The molecule has 4 aliphatic carbocycles. The first-order valence-corrected chi connectivity index (χ1v) is 10.6. The number of methoxy groups -OCH3 is 1. The smallest absolute Gasteiger partial charge is 0.243 e. The summed E-state index contributed by atoms with van der Waals surface area (Å²) < 4.78 is 5.20. The van der Waals surface area contributed by atoms with E-state index in [9.17, 15) is 9.59 Å². The fourth-order valence-electron chi connectivity index (χ4n) is 6.72. The molecular formula is C21H34N2O3. The monoisotopic (exact) mass is 362 g/mol. The molecule has 0 spiro atoms. The first kappa shape index (κ1) is 18.3. The Labute approximate surface area is 157 Å². The van der Waals surface area contributed by atoms with Crippen LogP contribution >= 0.6 is 0 Å². The largest absolute Gasteiger partial charge is 0.383 e. The SMILES string of the molecule is CCC(COC)NC(=O)C1CCCN1C(=O)C12CC3CC(CC(C3)C1)C2. The Morgan fingerprint density at radius 1 is 1.15 bits per heavy atom. The average molecular weight is 363 g/mol. The van der Waals surface area contributed by atoms with Gasteiger partial charge in [0.05, 0.1) is 18.1 Å². The van der Waals surface area contributed by atoms with Crippen LogP contribution in [0.5, 0.6) is 0 Å². The molecule has 0 aromatic heterocycles. The van der Waals surface area contributed by atoms with Crippen LogP contribution < -0.4 is 5.32 Å². The minimum atomic E-state index is -0.276. The number of nitrogens with one attached hydrogen (secondary N) is 1. The van der Waals surface area contributed by atoms with Crippen molar-refractivity contribution >= 4 is 11.8 Å². The van der Waals surface area contributed by atoms with Gasteiger partial charge in [0.1, 0.15) is 6.04 Å². The van der Waals surface area contributed by atoms with Crippen LogP contribution in [0.1, 0.15) is 64.7 Å². The predicted molar refractivity (Wildman–Crippen MR) is 99.4 cm³/mol. The van der Waals surface area contributed by atoms with Gasteiger partial charge in [-0.15, -0.1) is 0 Å². The highest BCUT2D eigenvalue weighted by molar-refractivity contribution is 5.91. The average Bonchev–Trinajstić information content (AvgIpc) is 3.09. The van der Waals surface area contributed by atoms with Gasteiger partial charge >= 0.3 is 0 Å². The van der Waals surface area contributed by atoms with Crippen molar-refractivity contribution in [3.63, 3.8) is 0 Å². The van der Waals surface area contributed by atoms with Crippen LogP contribution in [0.3, 0.4) is 0 Å². The van der Waals surface area contributed by atoms with Gasteiger partial charge in [-0.05, 0) is 75.5 Å². The summed E-state index contributed by atoms with van der Waals surface area (Å²) in [4.78, 5) is 28.4. The fourth-order valence-corrected chi connectivity index (χ4v) is 6.72. The van der Waals surface area contributed by atoms with E-state index in [-0.39, 0.29) is 23.4 Å². The molecule has 1 saturated heterocycles. The third kappa shape index (κ3) is 3.17. The molecule has 4 saturated carbocycles. The molecule has 1 N–H and O–H groups in total. The molecule has 5 fully saturated rings. The lowest BCUT2D eigenvalue weighted by Crippen LogP contribution is -2.57. The second-order valence-electron chi connectivity index (χ2n) is 9.42. The van der Waals surface area contributed by atoms with Crippen LogP contribution in [0.25, 0.3) is 0 Å². The molecular weight excluding hydrogens is 328 g/mol. The maximum absolute atomic E-state index is 13.6. The molecule has 4 bridgehead atoms. The van der Waals surface area contributed by atoms with E-state index in [1.54, 1.807) is 7.11 Å².